The van der Waals surface area contributed by atoms with Gasteiger partial charge in [0.1, 0.15) is 10.8 Å². The summed E-state index contributed by atoms with van der Waals surface area (Å²) >= 11 is 11.8. The SMILES string of the molecule is CCCN(CCN(C)C)C(=O)c1nc(Cl)ccc1Cl. The number of pyridine rings is 1. The smallest absolute Gasteiger partial charge is 0.274 e. The van der Waals surface area contributed by atoms with Crippen molar-refractivity contribution in [3.8, 4) is 0 Å². The Morgan fingerprint density at radius 2 is 1.89 bits per heavy atom. The zero-order chi connectivity index (χ0) is 14.4. The van der Waals surface area contributed by atoms with Gasteiger partial charge in [-0.2, -0.15) is 0 Å². The zero-order valence-electron chi connectivity index (χ0n) is 11.5. The lowest BCUT2D eigenvalue weighted by Crippen LogP contribution is -2.37. The van der Waals surface area contributed by atoms with Crippen LogP contribution in [0.3, 0.4) is 0 Å². The van der Waals surface area contributed by atoms with E-state index in [4.69, 9.17) is 23.2 Å². The minimum Gasteiger partial charge on any atom is -0.336 e. The summed E-state index contributed by atoms with van der Waals surface area (Å²) in [6, 6.07) is 3.17. The van der Waals surface area contributed by atoms with Crippen molar-refractivity contribution in [2.45, 2.75) is 13.3 Å². The van der Waals surface area contributed by atoms with E-state index < -0.39 is 0 Å². The molecule has 0 aliphatic heterocycles. The molecule has 0 unspecified atom stereocenters. The molecule has 6 heteroatoms. The molecule has 1 aromatic heterocycles. The molecular formula is C13H19Cl2N3O. The van der Waals surface area contributed by atoms with Gasteiger partial charge in [-0.3, -0.25) is 4.79 Å². The highest BCUT2D eigenvalue weighted by Crippen LogP contribution is 2.18. The van der Waals surface area contributed by atoms with E-state index in [9.17, 15) is 4.79 Å². The summed E-state index contributed by atoms with van der Waals surface area (Å²) < 4.78 is 0. The molecule has 1 aromatic rings. The van der Waals surface area contributed by atoms with E-state index in [1.807, 2.05) is 25.9 Å². The lowest BCUT2D eigenvalue weighted by atomic mass is 10.3. The van der Waals surface area contributed by atoms with Crippen molar-refractivity contribution in [2.24, 2.45) is 0 Å². The molecule has 0 aliphatic rings. The van der Waals surface area contributed by atoms with E-state index >= 15 is 0 Å². The maximum Gasteiger partial charge on any atom is 0.274 e. The van der Waals surface area contributed by atoms with Gasteiger partial charge in [0.2, 0.25) is 0 Å². The topological polar surface area (TPSA) is 36.4 Å². The monoisotopic (exact) mass is 303 g/mol. The van der Waals surface area contributed by atoms with Crippen LogP contribution >= 0.6 is 23.2 Å². The largest absolute Gasteiger partial charge is 0.336 e. The van der Waals surface area contributed by atoms with Crippen molar-refractivity contribution in [1.82, 2.24) is 14.8 Å². The van der Waals surface area contributed by atoms with Gasteiger partial charge in [-0.15, -0.1) is 0 Å². The summed E-state index contributed by atoms with van der Waals surface area (Å²) in [4.78, 5) is 20.2. The third-order valence-corrected chi connectivity index (χ3v) is 3.13. The van der Waals surface area contributed by atoms with Gasteiger partial charge in [0.15, 0.2) is 0 Å². The molecule has 1 amide bonds. The third-order valence-electron chi connectivity index (χ3n) is 2.61. The normalized spacial score (nSPS) is 10.8. The van der Waals surface area contributed by atoms with Crippen LogP contribution in [0.25, 0.3) is 0 Å². The standard InChI is InChI=1S/C13H19Cl2N3O/c1-4-7-18(9-8-17(2)3)13(19)12-10(14)5-6-11(15)16-12/h5-6H,4,7-9H2,1-3H3. The van der Waals surface area contributed by atoms with E-state index in [-0.39, 0.29) is 16.8 Å². The number of hydrogen-bond donors (Lipinski definition) is 0. The summed E-state index contributed by atoms with van der Waals surface area (Å²) in [6.45, 7) is 4.15. The number of carbonyl (C=O) groups excluding carboxylic acids is 1. The van der Waals surface area contributed by atoms with Crippen molar-refractivity contribution in [2.75, 3.05) is 33.7 Å². The lowest BCUT2D eigenvalue weighted by Gasteiger charge is -2.24. The first kappa shape index (κ1) is 16.2. The Balaban J connectivity index is 2.88. The van der Waals surface area contributed by atoms with Gasteiger partial charge in [0.05, 0.1) is 5.02 Å². The van der Waals surface area contributed by atoms with Crippen molar-refractivity contribution in [1.29, 1.82) is 0 Å². The molecule has 1 heterocycles. The maximum atomic E-state index is 12.4. The average Bonchev–Trinajstić information content (AvgIpc) is 2.36. The van der Waals surface area contributed by atoms with Crippen LogP contribution in [0, 0.1) is 0 Å². The Labute approximate surface area is 124 Å². The maximum absolute atomic E-state index is 12.4. The second-order valence-corrected chi connectivity index (χ2v) is 5.35. The highest BCUT2D eigenvalue weighted by Gasteiger charge is 2.19. The minimum absolute atomic E-state index is 0.170. The second kappa shape index (κ2) is 7.68. The van der Waals surface area contributed by atoms with Crippen LogP contribution in [0.5, 0.6) is 0 Å². The molecule has 4 nitrogen and oxygen atoms in total. The van der Waals surface area contributed by atoms with E-state index in [2.05, 4.69) is 4.98 Å². The van der Waals surface area contributed by atoms with Crippen LogP contribution in [-0.4, -0.2) is 54.4 Å². The van der Waals surface area contributed by atoms with Crippen molar-refractivity contribution < 1.29 is 4.79 Å². The van der Waals surface area contributed by atoms with Crippen LogP contribution in [0.15, 0.2) is 12.1 Å². The summed E-state index contributed by atoms with van der Waals surface area (Å²) in [5.74, 6) is -0.170. The Morgan fingerprint density at radius 3 is 2.47 bits per heavy atom. The average molecular weight is 304 g/mol. The zero-order valence-corrected chi connectivity index (χ0v) is 13.0. The number of aromatic nitrogens is 1. The van der Waals surface area contributed by atoms with Gasteiger partial charge < -0.3 is 9.80 Å². The fourth-order valence-electron chi connectivity index (χ4n) is 1.62. The Bertz CT molecular complexity index is 438. The first-order valence-corrected chi connectivity index (χ1v) is 6.97. The van der Waals surface area contributed by atoms with Gasteiger partial charge in [0, 0.05) is 19.6 Å². The van der Waals surface area contributed by atoms with Crippen molar-refractivity contribution in [3.63, 3.8) is 0 Å². The summed E-state index contributed by atoms with van der Waals surface area (Å²) in [6.07, 6.45) is 0.886. The fourth-order valence-corrected chi connectivity index (χ4v) is 1.96. The summed E-state index contributed by atoms with van der Waals surface area (Å²) in [5.41, 5.74) is 0.223. The third kappa shape index (κ3) is 4.97. The molecule has 106 valence electrons. The molecule has 0 radical (unpaired) electrons. The highest BCUT2D eigenvalue weighted by atomic mass is 35.5. The van der Waals surface area contributed by atoms with Crippen LogP contribution < -0.4 is 0 Å². The number of halogens is 2. The molecule has 0 saturated carbocycles. The number of rotatable bonds is 6. The lowest BCUT2D eigenvalue weighted by molar-refractivity contribution is 0.0739. The molecule has 0 fully saturated rings. The molecule has 19 heavy (non-hydrogen) atoms. The predicted octanol–water partition coefficient (Wildman–Crippen LogP) is 2.80. The van der Waals surface area contributed by atoms with Crippen molar-refractivity contribution in [3.05, 3.63) is 28.0 Å². The fraction of sp³-hybridized carbons (Fsp3) is 0.538. The van der Waals surface area contributed by atoms with Crippen LogP contribution in [0.1, 0.15) is 23.8 Å². The summed E-state index contributed by atoms with van der Waals surface area (Å²) in [7, 11) is 3.94. The number of nitrogens with zero attached hydrogens (tertiary/aromatic N) is 3. The van der Waals surface area contributed by atoms with Crippen LogP contribution in [0.2, 0.25) is 10.2 Å². The van der Waals surface area contributed by atoms with Crippen LogP contribution in [0.4, 0.5) is 0 Å². The van der Waals surface area contributed by atoms with E-state index in [0.717, 1.165) is 13.0 Å². The summed E-state index contributed by atoms with van der Waals surface area (Å²) in [5, 5.41) is 0.608. The number of likely N-dealkylation sites (N-methyl/N-ethyl adjacent to an activating group) is 1. The molecule has 0 N–H and O–H groups in total. The van der Waals surface area contributed by atoms with Gasteiger partial charge >= 0.3 is 0 Å². The number of carbonyl (C=O) groups is 1. The molecule has 0 aromatic carbocycles. The number of amides is 1. The van der Waals surface area contributed by atoms with Gasteiger partial charge in [-0.05, 0) is 32.6 Å². The molecule has 0 bridgehead atoms. The molecule has 0 spiro atoms. The van der Waals surface area contributed by atoms with E-state index in [1.54, 1.807) is 17.0 Å². The molecular weight excluding hydrogens is 285 g/mol. The van der Waals surface area contributed by atoms with Gasteiger partial charge in [-0.1, -0.05) is 30.1 Å². The predicted molar refractivity (Wildman–Crippen MR) is 79.0 cm³/mol. The molecule has 0 atom stereocenters. The highest BCUT2D eigenvalue weighted by molar-refractivity contribution is 6.34. The van der Waals surface area contributed by atoms with Gasteiger partial charge in [-0.25, -0.2) is 4.98 Å². The Morgan fingerprint density at radius 1 is 1.21 bits per heavy atom. The minimum atomic E-state index is -0.170. The molecule has 1 rings (SSSR count). The number of hydrogen-bond acceptors (Lipinski definition) is 3. The van der Waals surface area contributed by atoms with E-state index in [1.165, 1.54) is 0 Å². The first-order chi connectivity index (χ1) is 8.95. The Kier molecular flexibility index (Phi) is 6.55. The van der Waals surface area contributed by atoms with Gasteiger partial charge in [0.25, 0.3) is 5.91 Å². The quantitative estimate of drug-likeness (QED) is 0.758. The second-order valence-electron chi connectivity index (χ2n) is 4.56. The first-order valence-electron chi connectivity index (χ1n) is 6.21. The van der Waals surface area contributed by atoms with Crippen LogP contribution in [-0.2, 0) is 0 Å². The molecule has 0 saturated heterocycles. The van der Waals surface area contributed by atoms with E-state index in [0.29, 0.717) is 18.1 Å². The Hall–Kier alpha value is -0.840. The molecule has 0 aliphatic carbocycles. The van der Waals surface area contributed by atoms with Crippen molar-refractivity contribution >= 4 is 29.1 Å².